The van der Waals surface area contributed by atoms with Crippen molar-refractivity contribution in [3.63, 3.8) is 0 Å². The average Bonchev–Trinajstić information content (AvgIpc) is 3.26. The molecule has 128 valence electrons. The quantitative estimate of drug-likeness (QED) is 0.925. The van der Waals surface area contributed by atoms with Gasteiger partial charge in [-0.1, -0.05) is 24.3 Å². The van der Waals surface area contributed by atoms with Crippen LogP contribution in [0.1, 0.15) is 68.4 Å². The molecular formula is C21H27NO2. The Morgan fingerprint density at radius 1 is 1.00 bits per heavy atom. The normalized spacial score (nSPS) is 34.4. The van der Waals surface area contributed by atoms with Gasteiger partial charge in [0.2, 0.25) is 5.91 Å². The number of likely N-dealkylation sites (tertiary alicyclic amines) is 1. The summed E-state index contributed by atoms with van der Waals surface area (Å²) in [6, 6.07) is 9.33. The first-order valence-corrected chi connectivity index (χ1v) is 9.54. The van der Waals surface area contributed by atoms with Gasteiger partial charge in [-0.05, 0) is 68.4 Å². The molecule has 3 aliphatic carbocycles. The molecule has 0 atom stereocenters. The van der Waals surface area contributed by atoms with Crippen molar-refractivity contribution in [1.29, 1.82) is 0 Å². The summed E-state index contributed by atoms with van der Waals surface area (Å²) in [7, 11) is 0. The molecule has 0 unspecified atom stereocenters. The Bertz CT molecular complexity index is 652. The molecule has 0 radical (unpaired) electrons. The van der Waals surface area contributed by atoms with Gasteiger partial charge in [0.05, 0.1) is 5.60 Å². The fourth-order valence-corrected chi connectivity index (χ4v) is 5.29. The lowest BCUT2D eigenvalue weighted by Gasteiger charge is -2.60. The molecule has 4 fully saturated rings. The van der Waals surface area contributed by atoms with E-state index < -0.39 is 5.60 Å². The minimum Gasteiger partial charge on any atom is -0.390 e. The number of carbonyl (C=O) groups is 1. The first-order chi connectivity index (χ1) is 11.4. The molecule has 0 aromatic heterocycles. The minimum absolute atomic E-state index is 0.0724. The number of hydrogen-bond donors (Lipinski definition) is 1. The molecule has 5 rings (SSSR count). The second kappa shape index (κ2) is 4.85. The van der Waals surface area contributed by atoms with Crippen molar-refractivity contribution in [3.8, 4) is 0 Å². The van der Waals surface area contributed by atoms with Crippen LogP contribution in [-0.4, -0.2) is 34.6 Å². The molecule has 1 aliphatic heterocycles. The lowest BCUT2D eigenvalue weighted by Crippen LogP contribution is -2.65. The van der Waals surface area contributed by atoms with Gasteiger partial charge in [0.15, 0.2) is 0 Å². The molecule has 1 N–H and O–H groups in total. The Labute approximate surface area is 144 Å². The highest BCUT2D eigenvalue weighted by molar-refractivity contribution is 5.81. The van der Waals surface area contributed by atoms with E-state index in [1.165, 1.54) is 36.8 Å². The SMILES string of the molecule is CC1(O)CC(C(=O)N2CC3(CC(c4ccc(C5CC5)cc4)C3)C2)C1. The lowest BCUT2D eigenvalue weighted by atomic mass is 9.55. The van der Waals surface area contributed by atoms with Crippen LogP contribution in [0.5, 0.6) is 0 Å². The topological polar surface area (TPSA) is 40.5 Å². The number of rotatable bonds is 3. The lowest BCUT2D eigenvalue weighted by molar-refractivity contribution is -0.168. The molecular weight excluding hydrogens is 298 g/mol. The van der Waals surface area contributed by atoms with E-state index in [-0.39, 0.29) is 11.8 Å². The van der Waals surface area contributed by atoms with Gasteiger partial charge >= 0.3 is 0 Å². The fraction of sp³-hybridized carbons (Fsp3) is 0.667. The van der Waals surface area contributed by atoms with Gasteiger partial charge in [0.25, 0.3) is 0 Å². The van der Waals surface area contributed by atoms with Crippen LogP contribution < -0.4 is 0 Å². The van der Waals surface area contributed by atoms with Gasteiger partial charge in [-0.2, -0.15) is 0 Å². The second-order valence-electron chi connectivity index (χ2n) is 9.34. The maximum atomic E-state index is 12.4. The van der Waals surface area contributed by atoms with E-state index in [9.17, 15) is 9.90 Å². The highest BCUT2D eigenvalue weighted by Gasteiger charge is 2.55. The van der Waals surface area contributed by atoms with Gasteiger partial charge < -0.3 is 10.0 Å². The van der Waals surface area contributed by atoms with Crippen molar-refractivity contribution in [3.05, 3.63) is 35.4 Å². The summed E-state index contributed by atoms with van der Waals surface area (Å²) in [5, 5.41) is 9.81. The molecule has 1 spiro atoms. The van der Waals surface area contributed by atoms with E-state index in [0.29, 0.717) is 24.2 Å². The van der Waals surface area contributed by atoms with Crippen LogP contribution in [0.4, 0.5) is 0 Å². The number of nitrogens with zero attached hydrogens (tertiary/aromatic N) is 1. The highest BCUT2D eigenvalue weighted by Crippen LogP contribution is 2.57. The smallest absolute Gasteiger partial charge is 0.225 e. The highest BCUT2D eigenvalue weighted by atomic mass is 16.3. The van der Waals surface area contributed by atoms with E-state index in [1.54, 1.807) is 0 Å². The molecule has 24 heavy (non-hydrogen) atoms. The number of hydrogen-bond acceptors (Lipinski definition) is 2. The first-order valence-electron chi connectivity index (χ1n) is 9.54. The fourth-order valence-electron chi connectivity index (χ4n) is 5.29. The Morgan fingerprint density at radius 2 is 1.54 bits per heavy atom. The van der Waals surface area contributed by atoms with Crippen molar-refractivity contribution >= 4 is 5.91 Å². The molecule has 3 saturated carbocycles. The van der Waals surface area contributed by atoms with Gasteiger partial charge in [0.1, 0.15) is 0 Å². The number of amides is 1. The molecule has 1 saturated heterocycles. The van der Waals surface area contributed by atoms with Crippen LogP contribution in [0.3, 0.4) is 0 Å². The molecule has 4 aliphatic rings. The molecule has 1 amide bonds. The predicted octanol–water partition coefficient (Wildman–Crippen LogP) is 3.43. The average molecular weight is 325 g/mol. The third kappa shape index (κ3) is 2.40. The zero-order chi connectivity index (χ0) is 16.5. The molecule has 1 aromatic carbocycles. The van der Waals surface area contributed by atoms with Crippen molar-refractivity contribution in [2.24, 2.45) is 11.3 Å². The molecule has 0 bridgehead atoms. The van der Waals surface area contributed by atoms with E-state index in [2.05, 4.69) is 24.3 Å². The summed E-state index contributed by atoms with van der Waals surface area (Å²) in [5.74, 6) is 1.89. The minimum atomic E-state index is -0.600. The standard InChI is InChI=1S/C21H27NO2/c1-20(24)8-18(9-20)19(23)22-12-21(13-22)10-17(11-21)16-6-4-15(5-7-16)14-2-3-14/h4-7,14,17-18,24H,2-3,8-13H2,1H3. The number of benzene rings is 1. The third-order valence-electron chi connectivity index (χ3n) is 6.90. The number of carbonyl (C=O) groups excluding carboxylic acids is 1. The summed E-state index contributed by atoms with van der Waals surface area (Å²) >= 11 is 0. The van der Waals surface area contributed by atoms with Crippen LogP contribution in [0.25, 0.3) is 0 Å². The van der Waals surface area contributed by atoms with Gasteiger partial charge in [-0.25, -0.2) is 0 Å². The summed E-state index contributed by atoms with van der Waals surface area (Å²) in [6.45, 7) is 3.72. The zero-order valence-corrected chi connectivity index (χ0v) is 14.5. The van der Waals surface area contributed by atoms with E-state index in [0.717, 1.165) is 19.0 Å². The maximum Gasteiger partial charge on any atom is 0.225 e. The Balaban J connectivity index is 1.13. The third-order valence-corrected chi connectivity index (χ3v) is 6.90. The largest absolute Gasteiger partial charge is 0.390 e. The predicted molar refractivity (Wildman–Crippen MR) is 92.8 cm³/mol. The van der Waals surface area contributed by atoms with E-state index in [4.69, 9.17) is 0 Å². The zero-order valence-electron chi connectivity index (χ0n) is 14.5. The van der Waals surface area contributed by atoms with Crippen molar-refractivity contribution in [2.45, 2.75) is 62.9 Å². The second-order valence-corrected chi connectivity index (χ2v) is 9.34. The molecule has 1 heterocycles. The van der Waals surface area contributed by atoms with Gasteiger partial charge in [-0.15, -0.1) is 0 Å². The van der Waals surface area contributed by atoms with Crippen molar-refractivity contribution in [1.82, 2.24) is 4.90 Å². The molecule has 1 aromatic rings. The molecule has 3 nitrogen and oxygen atoms in total. The van der Waals surface area contributed by atoms with Gasteiger partial charge in [-0.3, -0.25) is 4.79 Å². The monoisotopic (exact) mass is 325 g/mol. The van der Waals surface area contributed by atoms with Crippen LogP contribution in [-0.2, 0) is 4.79 Å². The summed E-state index contributed by atoms with van der Waals surface area (Å²) in [6.07, 6.45) is 6.50. The van der Waals surface area contributed by atoms with Crippen molar-refractivity contribution in [2.75, 3.05) is 13.1 Å². The van der Waals surface area contributed by atoms with Crippen LogP contribution in [0, 0.1) is 11.3 Å². The van der Waals surface area contributed by atoms with E-state index in [1.807, 2.05) is 11.8 Å². The Kier molecular flexibility index (Phi) is 3.02. The number of aliphatic hydroxyl groups is 1. The van der Waals surface area contributed by atoms with E-state index >= 15 is 0 Å². The van der Waals surface area contributed by atoms with Gasteiger partial charge in [0, 0.05) is 24.4 Å². The van der Waals surface area contributed by atoms with Crippen LogP contribution >= 0.6 is 0 Å². The van der Waals surface area contributed by atoms with Crippen molar-refractivity contribution < 1.29 is 9.90 Å². The first kappa shape index (κ1) is 14.9. The van der Waals surface area contributed by atoms with Crippen LogP contribution in [0.15, 0.2) is 24.3 Å². The van der Waals surface area contributed by atoms with Crippen LogP contribution in [0.2, 0.25) is 0 Å². The summed E-state index contributed by atoms with van der Waals surface area (Å²) in [4.78, 5) is 14.4. The summed E-state index contributed by atoms with van der Waals surface area (Å²) < 4.78 is 0. The molecule has 3 heteroatoms. The Morgan fingerprint density at radius 3 is 2.04 bits per heavy atom. The maximum absolute atomic E-state index is 12.4. The Hall–Kier alpha value is -1.35. The summed E-state index contributed by atoms with van der Waals surface area (Å²) in [5.41, 5.74) is 2.81.